The van der Waals surface area contributed by atoms with Crippen molar-refractivity contribution >= 4 is 45.9 Å². The van der Waals surface area contributed by atoms with Gasteiger partial charge in [0.25, 0.3) is 5.56 Å². The van der Waals surface area contributed by atoms with Crippen LogP contribution in [0.5, 0.6) is 0 Å². The highest BCUT2D eigenvalue weighted by molar-refractivity contribution is 7.99. The summed E-state index contributed by atoms with van der Waals surface area (Å²) in [4.78, 5) is 44.4. The van der Waals surface area contributed by atoms with E-state index in [0.29, 0.717) is 33.1 Å². The van der Waals surface area contributed by atoms with Crippen LogP contribution in [-0.4, -0.2) is 33.7 Å². The van der Waals surface area contributed by atoms with Gasteiger partial charge in [-0.1, -0.05) is 36.0 Å². The molecule has 1 aliphatic rings. The van der Waals surface area contributed by atoms with Gasteiger partial charge in [0.2, 0.25) is 11.8 Å². The van der Waals surface area contributed by atoms with Crippen molar-refractivity contribution in [2.45, 2.75) is 5.16 Å². The van der Waals surface area contributed by atoms with E-state index in [9.17, 15) is 18.8 Å². The van der Waals surface area contributed by atoms with Gasteiger partial charge in [0.05, 0.1) is 33.7 Å². The molecule has 1 N–H and O–H groups in total. The summed E-state index contributed by atoms with van der Waals surface area (Å²) < 4.78 is 14.8. The third-order valence-corrected chi connectivity index (χ3v) is 6.15. The van der Waals surface area contributed by atoms with E-state index in [1.54, 1.807) is 48.5 Å². The minimum atomic E-state index is -0.424. The van der Waals surface area contributed by atoms with Crippen LogP contribution in [-0.2, 0) is 9.59 Å². The number of fused-ring (bicyclic) bond motifs is 2. The van der Waals surface area contributed by atoms with E-state index in [1.165, 1.54) is 33.7 Å². The second kappa shape index (κ2) is 8.51. The van der Waals surface area contributed by atoms with Gasteiger partial charge in [-0.25, -0.2) is 9.37 Å². The van der Waals surface area contributed by atoms with E-state index in [-0.39, 0.29) is 29.7 Å². The summed E-state index contributed by atoms with van der Waals surface area (Å²) in [7, 11) is 0. The number of aromatic nitrogens is 2. The predicted octanol–water partition coefficient (Wildman–Crippen LogP) is 3.60. The molecule has 0 unspecified atom stereocenters. The fraction of sp³-hybridized carbons (Fsp3) is 0.0833. The molecule has 1 aliphatic heterocycles. The van der Waals surface area contributed by atoms with Gasteiger partial charge in [-0.2, -0.15) is 0 Å². The number of rotatable bonds is 4. The number of anilines is 2. The summed E-state index contributed by atoms with van der Waals surface area (Å²) in [5, 5.41) is 3.47. The van der Waals surface area contributed by atoms with Gasteiger partial charge in [-0.3, -0.25) is 19.0 Å². The molecule has 0 aliphatic carbocycles. The quantitative estimate of drug-likeness (QED) is 0.372. The number of benzene rings is 3. The Morgan fingerprint density at radius 3 is 2.55 bits per heavy atom. The molecule has 9 heteroatoms. The van der Waals surface area contributed by atoms with Crippen molar-refractivity contribution in [2.75, 3.05) is 22.5 Å². The van der Waals surface area contributed by atoms with Gasteiger partial charge in [0.1, 0.15) is 12.4 Å². The van der Waals surface area contributed by atoms with Crippen LogP contribution in [0.4, 0.5) is 15.8 Å². The molecule has 0 spiro atoms. The maximum Gasteiger partial charge on any atom is 0.266 e. The lowest BCUT2D eigenvalue weighted by molar-refractivity contribution is -0.120. The number of thioether (sulfide) groups is 1. The zero-order valence-electron chi connectivity index (χ0n) is 17.2. The molecule has 5 rings (SSSR count). The summed E-state index contributed by atoms with van der Waals surface area (Å²) in [5.74, 6) is -1.05. The Kier molecular flexibility index (Phi) is 5.39. The number of nitrogens with zero attached hydrogens (tertiary/aromatic N) is 3. The van der Waals surface area contributed by atoms with Crippen molar-refractivity contribution in [1.29, 1.82) is 0 Å². The molecule has 0 saturated heterocycles. The third kappa shape index (κ3) is 3.98. The highest BCUT2D eigenvalue weighted by Gasteiger charge is 2.27. The highest BCUT2D eigenvalue weighted by atomic mass is 32.2. The molecule has 7 nitrogen and oxygen atoms in total. The van der Waals surface area contributed by atoms with E-state index in [0.717, 1.165) is 11.8 Å². The number of hydrogen-bond acceptors (Lipinski definition) is 5. The SMILES string of the molecule is O=C1CN(C(=O)CSc2nc3ccccc3c(=O)n2-c2ccc(F)cc2)c2ccccc2N1. The smallest absolute Gasteiger partial charge is 0.266 e. The van der Waals surface area contributed by atoms with Crippen LogP contribution >= 0.6 is 11.8 Å². The number of nitrogens with one attached hydrogen (secondary N) is 1. The summed E-state index contributed by atoms with van der Waals surface area (Å²) in [5.41, 5.74) is 1.81. The normalized spacial score (nSPS) is 13.0. The Hall–Kier alpha value is -3.98. The molecule has 164 valence electrons. The average Bonchev–Trinajstić information content (AvgIpc) is 2.83. The molecule has 2 amide bonds. The summed E-state index contributed by atoms with van der Waals surface area (Å²) >= 11 is 1.09. The summed E-state index contributed by atoms with van der Waals surface area (Å²) in [6.45, 7) is -0.0909. The molecule has 0 atom stereocenters. The van der Waals surface area contributed by atoms with Crippen molar-refractivity contribution in [1.82, 2.24) is 9.55 Å². The Morgan fingerprint density at radius 1 is 1.00 bits per heavy atom. The zero-order chi connectivity index (χ0) is 22.9. The van der Waals surface area contributed by atoms with Crippen molar-refractivity contribution < 1.29 is 14.0 Å². The molecule has 0 fully saturated rings. The molecule has 0 saturated carbocycles. The van der Waals surface area contributed by atoms with Crippen LogP contribution in [0.15, 0.2) is 82.7 Å². The maximum absolute atomic E-state index is 13.5. The number of carbonyl (C=O) groups excluding carboxylic acids is 2. The van der Waals surface area contributed by atoms with Gasteiger partial charge in [0, 0.05) is 0 Å². The number of halogens is 1. The number of hydrogen-bond donors (Lipinski definition) is 1. The molecule has 0 bridgehead atoms. The lowest BCUT2D eigenvalue weighted by Gasteiger charge is -2.29. The number of amides is 2. The van der Waals surface area contributed by atoms with Gasteiger partial charge in [-0.05, 0) is 48.5 Å². The second-order valence-electron chi connectivity index (χ2n) is 7.36. The van der Waals surface area contributed by atoms with Crippen LogP contribution in [0, 0.1) is 5.82 Å². The molecule has 33 heavy (non-hydrogen) atoms. The van der Waals surface area contributed by atoms with Crippen molar-refractivity contribution in [3.8, 4) is 5.69 Å². The van der Waals surface area contributed by atoms with Gasteiger partial charge in [-0.15, -0.1) is 0 Å². The third-order valence-electron chi connectivity index (χ3n) is 5.23. The topological polar surface area (TPSA) is 84.3 Å². The fourth-order valence-electron chi connectivity index (χ4n) is 3.69. The molecule has 3 aromatic carbocycles. The Bertz CT molecular complexity index is 1450. The van der Waals surface area contributed by atoms with E-state index < -0.39 is 5.82 Å². The summed E-state index contributed by atoms with van der Waals surface area (Å²) in [6, 6.07) is 19.5. The second-order valence-corrected chi connectivity index (χ2v) is 8.30. The first-order valence-corrected chi connectivity index (χ1v) is 11.1. The minimum Gasteiger partial charge on any atom is -0.323 e. The zero-order valence-corrected chi connectivity index (χ0v) is 18.0. The molecular formula is C24H17FN4O3S. The largest absolute Gasteiger partial charge is 0.323 e. The fourth-order valence-corrected chi connectivity index (χ4v) is 4.58. The van der Waals surface area contributed by atoms with Crippen molar-refractivity contribution in [2.24, 2.45) is 0 Å². The Morgan fingerprint density at radius 2 is 1.73 bits per heavy atom. The Balaban J connectivity index is 1.51. The van der Waals surface area contributed by atoms with E-state index >= 15 is 0 Å². The monoisotopic (exact) mass is 460 g/mol. The van der Waals surface area contributed by atoms with Gasteiger partial charge < -0.3 is 10.2 Å². The minimum absolute atomic E-state index is 0.0480. The van der Waals surface area contributed by atoms with E-state index in [1.807, 2.05) is 0 Å². The molecule has 4 aromatic rings. The first-order valence-electron chi connectivity index (χ1n) is 10.1. The molecule has 0 radical (unpaired) electrons. The van der Waals surface area contributed by atoms with Crippen LogP contribution in [0.3, 0.4) is 0 Å². The molecule has 1 aromatic heterocycles. The van der Waals surface area contributed by atoms with Gasteiger partial charge in [0.15, 0.2) is 5.16 Å². The number of carbonyl (C=O) groups is 2. The van der Waals surface area contributed by atoms with Crippen LogP contribution in [0.2, 0.25) is 0 Å². The predicted molar refractivity (Wildman–Crippen MR) is 125 cm³/mol. The van der Waals surface area contributed by atoms with Crippen molar-refractivity contribution in [3.63, 3.8) is 0 Å². The Labute approximate surface area is 191 Å². The first kappa shape index (κ1) is 20.9. The highest BCUT2D eigenvalue weighted by Crippen LogP contribution is 2.30. The van der Waals surface area contributed by atoms with Crippen LogP contribution in [0.25, 0.3) is 16.6 Å². The first-order chi connectivity index (χ1) is 16.0. The van der Waals surface area contributed by atoms with E-state index in [2.05, 4.69) is 10.3 Å². The van der Waals surface area contributed by atoms with Gasteiger partial charge >= 0.3 is 0 Å². The maximum atomic E-state index is 13.5. The lowest BCUT2D eigenvalue weighted by Crippen LogP contribution is -2.43. The van der Waals surface area contributed by atoms with Crippen LogP contribution < -0.4 is 15.8 Å². The van der Waals surface area contributed by atoms with Crippen molar-refractivity contribution in [3.05, 3.63) is 89.0 Å². The van der Waals surface area contributed by atoms with Crippen LogP contribution in [0.1, 0.15) is 0 Å². The molecular weight excluding hydrogens is 443 g/mol. The standard InChI is InChI=1S/C24H17FN4O3S/c25-15-9-11-16(12-10-15)29-23(32)17-5-1-2-6-18(17)27-24(29)33-14-22(31)28-13-21(30)26-19-7-3-4-8-20(19)28/h1-12H,13-14H2,(H,26,30). The van der Waals surface area contributed by atoms with E-state index in [4.69, 9.17) is 0 Å². The number of para-hydroxylation sites is 3. The molecule has 2 heterocycles. The average molecular weight is 460 g/mol. The summed E-state index contributed by atoms with van der Waals surface area (Å²) in [6.07, 6.45) is 0. The lowest BCUT2D eigenvalue weighted by atomic mass is 10.2.